The predicted molar refractivity (Wildman–Crippen MR) is 81.6 cm³/mol. The third kappa shape index (κ3) is 9.33. The van der Waals surface area contributed by atoms with Gasteiger partial charge in [0, 0.05) is 11.4 Å². The van der Waals surface area contributed by atoms with Gasteiger partial charge in [0.05, 0.1) is 0 Å². The first-order valence-corrected chi connectivity index (χ1v) is 7.56. The molecule has 2 N–H and O–H groups in total. The molecule has 1 unspecified atom stereocenters. The molecule has 0 aromatic rings. The van der Waals surface area contributed by atoms with Crippen molar-refractivity contribution in [2.24, 2.45) is 0 Å². The van der Waals surface area contributed by atoms with Gasteiger partial charge in [-0.2, -0.15) is 0 Å². The maximum atomic E-state index is 11.9. The zero-order valence-electron chi connectivity index (χ0n) is 11.8. The van der Waals surface area contributed by atoms with E-state index in [0.717, 1.165) is 42.8 Å². The van der Waals surface area contributed by atoms with Gasteiger partial charge in [0.2, 0.25) is 0 Å². The fourth-order valence-corrected chi connectivity index (χ4v) is 2.24. The number of hydrogen-bond donors (Lipinski definition) is 2. The highest BCUT2D eigenvalue weighted by Gasteiger charge is 2.02. The smallest absolute Gasteiger partial charge is 0.124 e. The number of allylic oxidation sites excluding steroid dienone is 4. The van der Waals surface area contributed by atoms with E-state index >= 15 is 0 Å². The predicted octanol–water partition coefficient (Wildman–Crippen LogP) is 2.67. The highest BCUT2D eigenvalue weighted by Crippen LogP contribution is 2.04. The number of rotatable bonds is 10. The second-order valence-corrected chi connectivity index (χ2v) is 5.50. The Hall–Kier alpha value is -0.710. The SMILES string of the molecule is C=C(C)/C=C\C(=C/C)S(=O)NCCCCCNC. The highest BCUT2D eigenvalue weighted by molar-refractivity contribution is 7.87. The van der Waals surface area contributed by atoms with E-state index in [1.165, 1.54) is 0 Å². The molecule has 0 heterocycles. The minimum Gasteiger partial charge on any atom is -0.320 e. The van der Waals surface area contributed by atoms with Crippen LogP contribution in [0.25, 0.3) is 0 Å². The van der Waals surface area contributed by atoms with Crippen LogP contribution in [0.15, 0.2) is 35.3 Å². The van der Waals surface area contributed by atoms with Crippen LogP contribution in [-0.2, 0) is 11.0 Å². The lowest BCUT2D eigenvalue weighted by molar-refractivity contribution is 0.630. The van der Waals surface area contributed by atoms with Crippen LogP contribution < -0.4 is 10.0 Å². The molecule has 0 fully saturated rings. The van der Waals surface area contributed by atoms with Crippen LogP contribution in [0.5, 0.6) is 0 Å². The van der Waals surface area contributed by atoms with E-state index in [1.54, 1.807) is 0 Å². The van der Waals surface area contributed by atoms with Crippen molar-refractivity contribution in [2.45, 2.75) is 33.1 Å². The van der Waals surface area contributed by atoms with E-state index in [4.69, 9.17) is 0 Å². The lowest BCUT2D eigenvalue weighted by atomic mass is 10.2. The van der Waals surface area contributed by atoms with E-state index < -0.39 is 11.0 Å². The molecular weight excluding hydrogens is 244 g/mol. The summed E-state index contributed by atoms with van der Waals surface area (Å²) in [5, 5.41) is 3.12. The molecule has 3 nitrogen and oxygen atoms in total. The maximum Gasteiger partial charge on any atom is 0.124 e. The Balaban J connectivity index is 3.89. The van der Waals surface area contributed by atoms with Crippen LogP contribution in [0.4, 0.5) is 0 Å². The van der Waals surface area contributed by atoms with Crippen molar-refractivity contribution in [3.05, 3.63) is 35.3 Å². The zero-order valence-corrected chi connectivity index (χ0v) is 12.6. The molecule has 1 atom stereocenters. The first-order chi connectivity index (χ1) is 8.61. The average molecular weight is 270 g/mol. The van der Waals surface area contributed by atoms with Crippen LogP contribution in [0.1, 0.15) is 33.1 Å². The van der Waals surface area contributed by atoms with E-state index in [0.29, 0.717) is 0 Å². The van der Waals surface area contributed by atoms with Crippen molar-refractivity contribution in [1.29, 1.82) is 0 Å². The molecule has 0 rings (SSSR count). The van der Waals surface area contributed by atoms with Crippen LogP contribution in [0.3, 0.4) is 0 Å². The van der Waals surface area contributed by atoms with Crippen molar-refractivity contribution in [3.8, 4) is 0 Å². The van der Waals surface area contributed by atoms with Gasteiger partial charge in [0.25, 0.3) is 0 Å². The number of nitrogens with one attached hydrogen (secondary N) is 2. The third-order valence-corrected chi connectivity index (χ3v) is 3.63. The summed E-state index contributed by atoms with van der Waals surface area (Å²) in [6.07, 6.45) is 8.96. The summed E-state index contributed by atoms with van der Waals surface area (Å²) >= 11 is 0. The van der Waals surface area contributed by atoms with Crippen LogP contribution >= 0.6 is 0 Å². The van der Waals surface area contributed by atoms with Gasteiger partial charge in [-0.1, -0.05) is 30.7 Å². The fourth-order valence-electron chi connectivity index (χ4n) is 1.34. The van der Waals surface area contributed by atoms with Gasteiger partial charge in [0.1, 0.15) is 11.0 Å². The molecule has 0 aliphatic rings. The molecule has 4 heteroatoms. The van der Waals surface area contributed by atoms with Crippen molar-refractivity contribution in [2.75, 3.05) is 20.1 Å². The monoisotopic (exact) mass is 270 g/mol. The summed E-state index contributed by atoms with van der Waals surface area (Å²) in [6, 6.07) is 0. The molecular formula is C14H26N2OS. The maximum absolute atomic E-state index is 11.9. The van der Waals surface area contributed by atoms with Crippen LogP contribution in [0, 0.1) is 0 Å². The Morgan fingerprint density at radius 2 is 1.89 bits per heavy atom. The largest absolute Gasteiger partial charge is 0.320 e. The summed E-state index contributed by atoms with van der Waals surface area (Å²) < 4.78 is 15.0. The van der Waals surface area contributed by atoms with Gasteiger partial charge in [-0.3, -0.25) is 0 Å². The lowest BCUT2D eigenvalue weighted by Crippen LogP contribution is -2.19. The van der Waals surface area contributed by atoms with Gasteiger partial charge in [0.15, 0.2) is 0 Å². The summed E-state index contributed by atoms with van der Waals surface area (Å²) in [7, 11) is 0.844. The molecule has 0 aromatic heterocycles. The molecule has 0 aliphatic heterocycles. The average Bonchev–Trinajstić information content (AvgIpc) is 2.34. The minimum atomic E-state index is -1.11. The molecule has 0 aromatic carbocycles. The van der Waals surface area contributed by atoms with Crippen molar-refractivity contribution in [3.63, 3.8) is 0 Å². The second kappa shape index (κ2) is 11.4. The summed E-state index contributed by atoms with van der Waals surface area (Å²) in [6.45, 7) is 9.43. The van der Waals surface area contributed by atoms with Gasteiger partial charge in [-0.15, -0.1) is 0 Å². The van der Waals surface area contributed by atoms with Crippen molar-refractivity contribution < 1.29 is 4.21 Å². The van der Waals surface area contributed by atoms with E-state index in [2.05, 4.69) is 16.6 Å². The Labute approximate surface area is 114 Å². The molecule has 0 saturated carbocycles. The van der Waals surface area contributed by atoms with Gasteiger partial charge in [-0.05, 0) is 46.4 Å². The zero-order chi connectivity index (χ0) is 13.8. The normalized spacial score (nSPS) is 14.1. The highest BCUT2D eigenvalue weighted by atomic mass is 32.2. The van der Waals surface area contributed by atoms with E-state index in [-0.39, 0.29) is 0 Å². The Morgan fingerprint density at radius 1 is 1.22 bits per heavy atom. The topological polar surface area (TPSA) is 41.1 Å². The van der Waals surface area contributed by atoms with Gasteiger partial charge >= 0.3 is 0 Å². The van der Waals surface area contributed by atoms with Crippen molar-refractivity contribution in [1.82, 2.24) is 10.0 Å². The molecule has 0 bridgehead atoms. The molecule has 18 heavy (non-hydrogen) atoms. The molecule has 0 aliphatic carbocycles. The van der Waals surface area contributed by atoms with Crippen LogP contribution in [0.2, 0.25) is 0 Å². The summed E-state index contributed by atoms with van der Waals surface area (Å²) in [4.78, 5) is 0.799. The van der Waals surface area contributed by atoms with Crippen LogP contribution in [-0.4, -0.2) is 24.3 Å². The lowest BCUT2D eigenvalue weighted by Gasteiger charge is -2.05. The molecule has 0 radical (unpaired) electrons. The minimum absolute atomic E-state index is 0.786. The summed E-state index contributed by atoms with van der Waals surface area (Å²) in [5.74, 6) is 0. The van der Waals surface area contributed by atoms with Crippen molar-refractivity contribution >= 4 is 11.0 Å². The van der Waals surface area contributed by atoms with E-state index in [1.807, 2.05) is 39.1 Å². The first-order valence-electron chi connectivity index (χ1n) is 6.41. The Morgan fingerprint density at radius 3 is 2.44 bits per heavy atom. The molecule has 0 spiro atoms. The van der Waals surface area contributed by atoms with E-state index in [9.17, 15) is 4.21 Å². The Kier molecular flexibility index (Phi) is 10.9. The molecule has 0 saturated heterocycles. The summed E-state index contributed by atoms with van der Waals surface area (Å²) in [5.41, 5.74) is 0.957. The van der Waals surface area contributed by atoms with Gasteiger partial charge < -0.3 is 5.32 Å². The molecule has 0 amide bonds. The van der Waals surface area contributed by atoms with Gasteiger partial charge in [-0.25, -0.2) is 8.93 Å². The third-order valence-electron chi connectivity index (χ3n) is 2.37. The molecule has 104 valence electrons. The quantitative estimate of drug-likeness (QED) is 0.473. The number of hydrogen-bond acceptors (Lipinski definition) is 2. The standard InChI is InChI=1S/C14H26N2OS/c1-5-14(10-9-13(2)3)18(17)16-12-8-6-7-11-15-4/h5,9-10,15-16H,2,6-8,11-12H2,1,3-4H3/b10-9-,14-5+. The fraction of sp³-hybridized carbons (Fsp3) is 0.571. The first kappa shape index (κ1) is 17.3. The Bertz CT molecular complexity index is 322. The number of unbranched alkanes of at least 4 members (excludes halogenated alkanes) is 2. The second-order valence-electron chi connectivity index (χ2n) is 4.20.